The number of piperidine rings is 1. The summed E-state index contributed by atoms with van der Waals surface area (Å²) in [6.07, 6.45) is 12.2. The zero-order chi connectivity index (χ0) is 15.3. The minimum absolute atomic E-state index is 0.0988. The van der Waals surface area contributed by atoms with Crippen molar-refractivity contribution in [3.8, 4) is 0 Å². The van der Waals surface area contributed by atoms with E-state index in [1.54, 1.807) is 4.90 Å². The molecule has 124 valence electrons. The maximum atomic E-state index is 10.9. The van der Waals surface area contributed by atoms with Gasteiger partial charge < -0.3 is 14.7 Å². The second-order valence-electron chi connectivity index (χ2n) is 6.40. The molecule has 0 radical (unpaired) electrons. The van der Waals surface area contributed by atoms with Gasteiger partial charge in [0.2, 0.25) is 0 Å². The number of aliphatic hydroxyl groups is 1. The van der Waals surface area contributed by atoms with Gasteiger partial charge in [0.15, 0.2) is 0 Å². The Kier molecular flexibility index (Phi) is 10.5. The molecule has 1 aliphatic rings. The molecule has 1 fully saturated rings. The molecule has 0 spiro atoms. The van der Waals surface area contributed by atoms with Crippen molar-refractivity contribution >= 4 is 5.97 Å². The van der Waals surface area contributed by atoms with Crippen LogP contribution in [0.5, 0.6) is 0 Å². The molecule has 2 N–H and O–H groups in total. The molecule has 1 rings (SSSR count). The number of unbranched alkanes of at least 4 members (excludes halogenated alkanes) is 5. The highest BCUT2D eigenvalue weighted by atomic mass is 16.5. The Morgan fingerprint density at radius 2 is 1.67 bits per heavy atom. The smallest absolute Gasteiger partial charge is 0.305 e. The van der Waals surface area contributed by atoms with Crippen LogP contribution < -0.4 is 4.90 Å². The molecule has 1 aliphatic heterocycles. The average Bonchev–Trinajstić information content (AvgIpc) is 2.50. The molecule has 0 aromatic heterocycles. The number of likely N-dealkylation sites (tertiary alicyclic amines) is 1. The first-order valence-electron chi connectivity index (χ1n) is 8.81. The number of ether oxygens (including phenoxy) is 1. The van der Waals surface area contributed by atoms with E-state index in [0.717, 1.165) is 32.2 Å². The summed E-state index contributed by atoms with van der Waals surface area (Å²) in [5.74, 6) is -0.0988. The molecule has 0 amide bonds. The zero-order valence-electron chi connectivity index (χ0n) is 13.7. The molecule has 4 heteroatoms. The Labute approximate surface area is 129 Å². The number of nitrogens with one attached hydrogen (secondary N) is 1. The lowest BCUT2D eigenvalue weighted by molar-refractivity contribution is -0.908. The molecule has 1 atom stereocenters. The van der Waals surface area contributed by atoms with Crippen LogP contribution in [0.2, 0.25) is 0 Å². The summed E-state index contributed by atoms with van der Waals surface area (Å²) in [5.41, 5.74) is 0. The van der Waals surface area contributed by atoms with Gasteiger partial charge in [-0.05, 0) is 32.1 Å². The van der Waals surface area contributed by atoms with Crippen molar-refractivity contribution in [1.82, 2.24) is 0 Å². The molecular formula is C17H34NO3+. The Morgan fingerprint density at radius 3 is 2.33 bits per heavy atom. The Balaban J connectivity index is 1.85. The number of aliphatic hydroxyl groups excluding tert-OH is 1. The maximum Gasteiger partial charge on any atom is 0.305 e. The SMILES string of the molecule is COC(=O)CCCCCCCC[C@H](O)C[NH+]1CCCCC1. The highest BCUT2D eigenvalue weighted by Gasteiger charge is 2.17. The fourth-order valence-corrected chi connectivity index (χ4v) is 3.15. The lowest BCUT2D eigenvalue weighted by Gasteiger charge is -2.25. The van der Waals surface area contributed by atoms with Gasteiger partial charge in [-0.15, -0.1) is 0 Å². The third-order valence-corrected chi connectivity index (χ3v) is 4.48. The topological polar surface area (TPSA) is 51.0 Å². The van der Waals surface area contributed by atoms with Gasteiger partial charge in [0.1, 0.15) is 12.6 Å². The molecule has 1 heterocycles. The summed E-state index contributed by atoms with van der Waals surface area (Å²) in [7, 11) is 1.44. The molecule has 0 saturated carbocycles. The Morgan fingerprint density at radius 1 is 1.05 bits per heavy atom. The summed E-state index contributed by atoms with van der Waals surface area (Å²) in [5, 5.41) is 10.1. The van der Waals surface area contributed by atoms with E-state index in [2.05, 4.69) is 4.74 Å². The predicted molar refractivity (Wildman–Crippen MR) is 84.4 cm³/mol. The monoisotopic (exact) mass is 300 g/mol. The third-order valence-electron chi connectivity index (χ3n) is 4.48. The lowest BCUT2D eigenvalue weighted by atomic mass is 10.0. The van der Waals surface area contributed by atoms with E-state index in [-0.39, 0.29) is 12.1 Å². The molecule has 1 saturated heterocycles. The van der Waals surface area contributed by atoms with Crippen LogP contribution in [0, 0.1) is 0 Å². The van der Waals surface area contributed by atoms with E-state index < -0.39 is 0 Å². The normalized spacial score (nSPS) is 17.6. The van der Waals surface area contributed by atoms with Crippen LogP contribution in [-0.4, -0.2) is 43.9 Å². The lowest BCUT2D eigenvalue weighted by Crippen LogP contribution is -3.13. The Hall–Kier alpha value is -0.610. The molecule has 0 aromatic carbocycles. The van der Waals surface area contributed by atoms with E-state index in [0.29, 0.717) is 6.42 Å². The molecule has 21 heavy (non-hydrogen) atoms. The van der Waals surface area contributed by atoms with Crippen LogP contribution in [0.4, 0.5) is 0 Å². The van der Waals surface area contributed by atoms with Crippen molar-refractivity contribution in [2.75, 3.05) is 26.7 Å². The van der Waals surface area contributed by atoms with Gasteiger partial charge in [0, 0.05) is 6.42 Å². The van der Waals surface area contributed by atoms with E-state index >= 15 is 0 Å². The second-order valence-corrected chi connectivity index (χ2v) is 6.40. The van der Waals surface area contributed by atoms with Crippen LogP contribution in [0.1, 0.15) is 70.6 Å². The average molecular weight is 300 g/mol. The van der Waals surface area contributed by atoms with Crippen molar-refractivity contribution in [2.24, 2.45) is 0 Å². The highest BCUT2D eigenvalue weighted by molar-refractivity contribution is 5.68. The number of hydrogen-bond acceptors (Lipinski definition) is 3. The molecular weight excluding hydrogens is 266 g/mol. The van der Waals surface area contributed by atoms with Crippen molar-refractivity contribution in [2.45, 2.75) is 76.7 Å². The molecule has 4 nitrogen and oxygen atoms in total. The number of carbonyl (C=O) groups excluding carboxylic acids is 1. The summed E-state index contributed by atoms with van der Waals surface area (Å²) >= 11 is 0. The minimum Gasteiger partial charge on any atom is -0.469 e. The van der Waals surface area contributed by atoms with Crippen LogP contribution in [0.3, 0.4) is 0 Å². The number of hydrogen-bond donors (Lipinski definition) is 2. The van der Waals surface area contributed by atoms with Gasteiger partial charge >= 0.3 is 5.97 Å². The number of carbonyl (C=O) groups is 1. The highest BCUT2D eigenvalue weighted by Crippen LogP contribution is 2.10. The van der Waals surface area contributed by atoms with Gasteiger partial charge in [-0.25, -0.2) is 0 Å². The first-order valence-corrected chi connectivity index (χ1v) is 8.81. The van der Waals surface area contributed by atoms with Crippen LogP contribution in [0.25, 0.3) is 0 Å². The first kappa shape index (κ1) is 18.4. The third kappa shape index (κ3) is 9.86. The van der Waals surface area contributed by atoms with Crippen molar-refractivity contribution < 1.29 is 19.5 Å². The predicted octanol–water partition coefficient (Wildman–Crippen LogP) is 1.71. The van der Waals surface area contributed by atoms with E-state index in [4.69, 9.17) is 0 Å². The van der Waals surface area contributed by atoms with Gasteiger partial charge in [0.05, 0.1) is 20.2 Å². The quantitative estimate of drug-likeness (QED) is 0.451. The molecule has 0 unspecified atom stereocenters. The summed E-state index contributed by atoms with van der Waals surface area (Å²) in [6, 6.07) is 0. The van der Waals surface area contributed by atoms with Crippen molar-refractivity contribution in [3.05, 3.63) is 0 Å². The van der Waals surface area contributed by atoms with E-state index in [1.807, 2.05) is 0 Å². The summed E-state index contributed by atoms with van der Waals surface area (Å²) in [4.78, 5) is 12.5. The van der Waals surface area contributed by atoms with Crippen molar-refractivity contribution in [3.63, 3.8) is 0 Å². The molecule has 0 aromatic rings. The van der Waals surface area contributed by atoms with Crippen LogP contribution in [-0.2, 0) is 9.53 Å². The summed E-state index contributed by atoms with van der Waals surface area (Å²) < 4.78 is 4.62. The first-order chi connectivity index (χ1) is 10.2. The largest absolute Gasteiger partial charge is 0.469 e. The van der Waals surface area contributed by atoms with Crippen molar-refractivity contribution in [1.29, 1.82) is 0 Å². The number of rotatable bonds is 11. The van der Waals surface area contributed by atoms with Crippen LogP contribution >= 0.6 is 0 Å². The van der Waals surface area contributed by atoms with Gasteiger partial charge in [-0.3, -0.25) is 4.79 Å². The summed E-state index contributed by atoms with van der Waals surface area (Å²) in [6.45, 7) is 3.44. The zero-order valence-corrected chi connectivity index (χ0v) is 13.7. The Bertz CT molecular complexity index is 265. The standard InChI is InChI=1S/C17H33NO3/c1-21-17(20)12-8-5-3-2-4-7-11-16(19)15-18-13-9-6-10-14-18/h16,19H,2-15H2,1H3/p+1/t16-/m0/s1. The van der Waals surface area contributed by atoms with Gasteiger partial charge in [-0.2, -0.15) is 0 Å². The minimum atomic E-state index is -0.113. The molecule has 0 aliphatic carbocycles. The van der Waals surface area contributed by atoms with Gasteiger partial charge in [0.25, 0.3) is 0 Å². The fourth-order valence-electron chi connectivity index (χ4n) is 3.15. The number of quaternary nitrogens is 1. The van der Waals surface area contributed by atoms with E-state index in [9.17, 15) is 9.90 Å². The van der Waals surface area contributed by atoms with Crippen LogP contribution in [0.15, 0.2) is 0 Å². The second kappa shape index (κ2) is 12.0. The fraction of sp³-hybridized carbons (Fsp3) is 0.941. The number of esters is 1. The molecule has 0 bridgehead atoms. The van der Waals surface area contributed by atoms with Gasteiger partial charge in [-0.1, -0.05) is 32.1 Å². The van der Waals surface area contributed by atoms with E-state index in [1.165, 1.54) is 58.7 Å². The maximum absolute atomic E-state index is 10.9. The number of methoxy groups -OCH3 is 1.